The number of nitrogens with zero attached hydrogens (tertiary/aromatic N) is 3. The number of rotatable bonds is 7. The predicted molar refractivity (Wildman–Crippen MR) is 127 cm³/mol. The summed E-state index contributed by atoms with van der Waals surface area (Å²) in [7, 11) is 3.05. The van der Waals surface area contributed by atoms with Crippen molar-refractivity contribution in [1.29, 1.82) is 0 Å². The van der Waals surface area contributed by atoms with Gasteiger partial charge in [-0.3, -0.25) is 14.3 Å². The van der Waals surface area contributed by atoms with Crippen LogP contribution >= 0.6 is 0 Å². The zero-order valence-electron chi connectivity index (χ0n) is 19.3. The van der Waals surface area contributed by atoms with Gasteiger partial charge in [-0.2, -0.15) is 0 Å². The second-order valence-corrected chi connectivity index (χ2v) is 7.58. The van der Waals surface area contributed by atoms with Gasteiger partial charge in [0.2, 0.25) is 11.0 Å². The van der Waals surface area contributed by atoms with E-state index in [9.17, 15) is 9.18 Å². The first-order valence-corrected chi connectivity index (χ1v) is 10.8. The van der Waals surface area contributed by atoms with Crippen LogP contribution in [0, 0.1) is 5.82 Å². The van der Waals surface area contributed by atoms with Gasteiger partial charge >= 0.3 is 5.91 Å². The Morgan fingerprint density at radius 3 is 2.47 bits per heavy atom. The summed E-state index contributed by atoms with van der Waals surface area (Å²) in [6.45, 7) is 0. The Hall–Kier alpha value is -4.99. The first-order chi connectivity index (χ1) is 17.6. The minimum Gasteiger partial charge on any atom is -0.493 e. The minimum absolute atomic E-state index is 0.0307. The predicted octanol–water partition coefficient (Wildman–Crippen LogP) is 4.70. The molecular formula is C26H20FN4O5+. The average molecular weight is 487 g/mol. The molecule has 0 unspecified atom stereocenters. The number of hydrogen-bond donors (Lipinski definition) is 1. The van der Waals surface area contributed by atoms with E-state index in [-0.39, 0.29) is 17.2 Å². The molecule has 0 aliphatic heterocycles. The summed E-state index contributed by atoms with van der Waals surface area (Å²) >= 11 is 0. The maximum absolute atomic E-state index is 14.9. The standard InChI is InChI=1S/C26H19FN4O5/c1-33-23-13-18-20(14-24(23)34-2)28-11-10-21(18)35-22-9-8-16(12-19(22)27)29-26(32)25-15-31(30-36-25)17-6-4-3-5-7-17/h3-15H,1-2H3/p+1. The van der Waals surface area contributed by atoms with E-state index >= 15 is 0 Å². The summed E-state index contributed by atoms with van der Waals surface area (Å²) in [4.78, 5) is 16.9. The van der Waals surface area contributed by atoms with Crippen LogP contribution in [0.4, 0.5) is 10.1 Å². The third-order valence-electron chi connectivity index (χ3n) is 5.33. The van der Waals surface area contributed by atoms with E-state index in [2.05, 4.69) is 15.6 Å². The lowest BCUT2D eigenvalue weighted by Gasteiger charge is -2.13. The molecule has 2 aromatic heterocycles. The lowest BCUT2D eigenvalue weighted by atomic mass is 10.2. The van der Waals surface area contributed by atoms with Crippen LogP contribution in [0.25, 0.3) is 16.6 Å². The number of nitrogens with one attached hydrogen (secondary N) is 1. The van der Waals surface area contributed by atoms with E-state index < -0.39 is 11.7 Å². The number of para-hydroxylation sites is 1. The number of aromatic nitrogens is 3. The second kappa shape index (κ2) is 9.71. The minimum atomic E-state index is -0.671. The summed E-state index contributed by atoms with van der Waals surface area (Å²) in [5, 5.41) is 7.05. The molecular weight excluding hydrogens is 467 g/mol. The first kappa shape index (κ1) is 22.8. The lowest BCUT2D eigenvalue weighted by molar-refractivity contribution is -0.670. The van der Waals surface area contributed by atoms with E-state index in [0.717, 1.165) is 11.8 Å². The molecule has 5 rings (SSSR count). The Bertz CT molecular complexity index is 1560. The molecule has 10 heteroatoms. The van der Waals surface area contributed by atoms with Crippen molar-refractivity contribution in [3.63, 3.8) is 0 Å². The first-order valence-electron chi connectivity index (χ1n) is 10.8. The molecule has 0 spiro atoms. The SMILES string of the molecule is COc1cc2nccc(Oc3ccc(NC(=O)c4c[n+](-c5ccccc5)no4)cc3F)c2cc1OC. The zero-order chi connectivity index (χ0) is 25.1. The van der Waals surface area contributed by atoms with Gasteiger partial charge in [0.15, 0.2) is 23.1 Å². The third kappa shape index (κ3) is 4.51. The van der Waals surface area contributed by atoms with Crippen molar-refractivity contribution in [3.8, 4) is 28.7 Å². The topological polar surface area (TPSA) is 99.6 Å². The Morgan fingerprint density at radius 2 is 1.72 bits per heavy atom. The van der Waals surface area contributed by atoms with Crippen LogP contribution in [0.2, 0.25) is 0 Å². The number of pyridine rings is 1. The van der Waals surface area contributed by atoms with Crippen molar-refractivity contribution in [2.24, 2.45) is 0 Å². The molecule has 0 aliphatic rings. The molecule has 180 valence electrons. The molecule has 0 radical (unpaired) electrons. The lowest BCUT2D eigenvalue weighted by Crippen LogP contribution is -2.31. The smallest absolute Gasteiger partial charge is 0.300 e. The zero-order valence-corrected chi connectivity index (χ0v) is 19.3. The molecule has 1 amide bonds. The Labute approximate surface area is 204 Å². The molecule has 36 heavy (non-hydrogen) atoms. The molecule has 1 N–H and O–H groups in total. The number of carbonyl (C=O) groups is 1. The second-order valence-electron chi connectivity index (χ2n) is 7.58. The van der Waals surface area contributed by atoms with Crippen LogP contribution in [-0.4, -0.2) is 30.4 Å². The molecule has 5 aromatic rings. The molecule has 0 atom stereocenters. The highest BCUT2D eigenvalue weighted by Crippen LogP contribution is 2.37. The fourth-order valence-corrected chi connectivity index (χ4v) is 3.56. The van der Waals surface area contributed by atoms with Crippen molar-refractivity contribution in [1.82, 2.24) is 10.3 Å². The van der Waals surface area contributed by atoms with Crippen molar-refractivity contribution in [2.45, 2.75) is 0 Å². The number of anilines is 1. The Morgan fingerprint density at radius 1 is 0.944 bits per heavy atom. The van der Waals surface area contributed by atoms with Gasteiger partial charge in [0.25, 0.3) is 12.0 Å². The van der Waals surface area contributed by atoms with Crippen molar-refractivity contribution < 1.29 is 32.6 Å². The van der Waals surface area contributed by atoms with Crippen LogP contribution in [0.5, 0.6) is 23.0 Å². The summed E-state index contributed by atoms with van der Waals surface area (Å²) in [6.07, 6.45) is 2.99. The number of fused-ring (bicyclic) bond motifs is 1. The maximum Gasteiger partial charge on any atom is 0.300 e. The van der Waals surface area contributed by atoms with Crippen molar-refractivity contribution in [3.05, 3.63) is 90.7 Å². The number of amides is 1. The van der Waals surface area contributed by atoms with Crippen LogP contribution in [-0.2, 0) is 0 Å². The molecule has 0 fully saturated rings. The van der Waals surface area contributed by atoms with Crippen LogP contribution in [0.15, 0.2) is 83.6 Å². The molecule has 0 saturated heterocycles. The van der Waals surface area contributed by atoms with Gasteiger partial charge in [-0.15, -0.1) is 0 Å². The number of methoxy groups -OCH3 is 2. The molecule has 3 aromatic carbocycles. The number of ether oxygens (including phenoxy) is 3. The molecule has 9 nitrogen and oxygen atoms in total. The van der Waals surface area contributed by atoms with Crippen LogP contribution in [0.1, 0.15) is 10.6 Å². The molecule has 0 saturated carbocycles. The molecule has 2 heterocycles. The van der Waals surface area contributed by atoms with Crippen LogP contribution in [0.3, 0.4) is 0 Å². The van der Waals surface area contributed by atoms with E-state index in [1.807, 2.05) is 30.3 Å². The summed E-state index contributed by atoms with van der Waals surface area (Å²) in [5.74, 6) is 0.0683. The highest BCUT2D eigenvalue weighted by molar-refractivity contribution is 6.01. The van der Waals surface area contributed by atoms with Gasteiger partial charge < -0.3 is 19.5 Å². The Balaban J connectivity index is 1.34. The largest absolute Gasteiger partial charge is 0.493 e. The highest BCUT2D eigenvalue weighted by atomic mass is 19.1. The normalized spacial score (nSPS) is 10.8. The summed E-state index contributed by atoms with van der Waals surface area (Å²) in [5.41, 5.74) is 1.54. The number of halogens is 1. The quantitative estimate of drug-likeness (QED) is 0.332. The Kier molecular flexibility index (Phi) is 6.14. The van der Waals surface area contributed by atoms with E-state index in [1.54, 1.807) is 24.4 Å². The van der Waals surface area contributed by atoms with Crippen LogP contribution < -0.4 is 24.2 Å². The highest BCUT2D eigenvalue weighted by Gasteiger charge is 2.21. The van der Waals surface area contributed by atoms with Gasteiger partial charge in [-0.1, -0.05) is 18.2 Å². The van der Waals surface area contributed by atoms with Gasteiger partial charge in [0.05, 0.1) is 19.7 Å². The van der Waals surface area contributed by atoms with E-state index in [4.69, 9.17) is 18.7 Å². The summed E-state index contributed by atoms with van der Waals surface area (Å²) < 4.78 is 37.9. The van der Waals surface area contributed by atoms with E-state index in [1.165, 1.54) is 37.2 Å². The van der Waals surface area contributed by atoms with Crippen molar-refractivity contribution >= 4 is 22.5 Å². The van der Waals surface area contributed by atoms with Gasteiger partial charge in [-0.05, 0) is 28.9 Å². The molecule has 0 aliphatic carbocycles. The average Bonchev–Trinajstić information content (AvgIpc) is 3.41. The van der Waals surface area contributed by atoms with Gasteiger partial charge in [0.1, 0.15) is 5.75 Å². The fourth-order valence-electron chi connectivity index (χ4n) is 3.56. The summed E-state index contributed by atoms with van der Waals surface area (Å²) in [6, 6.07) is 18.3. The van der Waals surface area contributed by atoms with Gasteiger partial charge in [-0.25, -0.2) is 4.39 Å². The van der Waals surface area contributed by atoms with Crippen molar-refractivity contribution in [2.75, 3.05) is 19.5 Å². The fraction of sp³-hybridized carbons (Fsp3) is 0.0769. The monoisotopic (exact) mass is 487 g/mol. The third-order valence-corrected chi connectivity index (χ3v) is 5.33. The van der Waals surface area contributed by atoms with Gasteiger partial charge in [0, 0.05) is 41.5 Å². The number of hydrogen-bond acceptors (Lipinski definition) is 7. The van der Waals surface area contributed by atoms with E-state index in [0.29, 0.717) is 28.2 Å². The molecule has 0 bridgehead atoms. The number of benzene rings is 3. The number of carbonyl (C=O) groups excluding carboxylic acids is 1. The maximum atomic E-state index is 14.9.